The number of hydrogen-bond donors (Lipinski definition) is 2. The minimum absolute atomic E-state index is 0.0145. The Kier molecular flexibility index (Phi) is 3.65. The summed E-state index contributed by atoms with van der Waals surface area (Å²) in [5, 5.41) is 2.70. The van der Waals surface area contributed by atoms with Crippen LogP contribution in [0, 0.1) is 0 Å². The highest BCUT2D eigenvalue weighted by atomic mass is 16.5. The smallest absolute Gasteiger partial charge is 0.233 e. The first-order valence-electron chi connectivity index (χ1n) is 4.32. The Morgan fingerprint density at radius 3 is 3.00 bits per heavy atom. The van der Waals surface area contributed by atoms with Gasteiger partial charge in [-0.05, 0) is 0 Å². The van der Waals surface area contributed by atoms with E-state index in [0.29, 0.717) is 19.8 Å². The monoisotopic (exact) mass is 188 g/mol. The van der Waals surface area contributed by atoms with Gasteiger partial charge in [-0.3, -0.25) is 4.79 Å². The fourth-order valence-corrected chi connectivity index (χ4v) is 1.29. The number of nitrogens with one attached hydrogen (secondary N) is 1. The third-order valence-corrected chi connectivity index (χ3v) is 2.29. The van der Waals surface area contributed by atoms with Crippen LogP contribution in [0.2, 0.25) is 0 Å². The van der Waals surface area contributed by atoms with E-state index in [0.717, 1.165) is 6.42 Å². The molecule has 3 N–H and O–H groups in total. The van der Waals surface area contributed by atoms with Gasteiger partial charge in [0, 0.05) is 26.7 Å². The van der Waals surface area contributed by atoms with Crippen molar-refractivity contribution in [1.82, 2.24) is 5.32 Å². The Bertz CT molecular complexity index is 178. The van der Waals surface area contributed by atoms with Crippen molar-refractivity contribution in [1.29, 1.82) is 0 Å². The Morgan fingerprint density at radius 1 is 1.77 bits per heavy atom. The van der Waals surface area contributed by atoms with Gasteiger partial charge in [-0.2, -0.15) is 0 Å². The highest BCUT2D eigenvalue weighted by Gasteiger charge is 2.34. The molecule has 1 heterocycles. The summed E-state index contributed by atoms with van der Waals surface area (Å²) in [6.45, 7) is 1.71. The van der Waals surface area contributed by atoms with Crippen molar-refractivity contribution in [3.8, 4) is 0 Å². The molecular formula is C8H16N2O3. The molecule has 1 fully saturated rings. The van der Waals surface area contributed by atoms with Gasteiger partial charge in [0.2, 0.25) is 5.91 Å². The molecule has 0 aromatic heterocycles. The average Bonchev–Trinajstić information content (AvgIpc) is 2.63. The molecule has 0 aromatic carbocycles. The van der Waals surface area contributed by atoms with E-state index < -0.39 is 0 Å². The lowest BCUT2D eigenvalue weighted by Crippen LogP contribution is -2.46. The zero-order valence-corrected chi connectivity index (χ0v) is 7.84. The number of amides is 1. The number of rotatable bonds is 4. The SMILES string of the molecule is COC1(CNC(=O)CN)CCOC1. The molecule has 5 nitrogen and oxygen atoms in total. The Balaban J connectivity index is 2.35. The maximum absolute atomic E-state index is 10.9. The summed E-state index contributed by atoms with van der Waals surface area (Å²) in [5.74, 6) is -0.164. The Morgan fingerprint density at radius 2 is 2.54 bits per heavy atom. The molecule has 1 rings (SSSR count). The second-order valence-electron chi connectivity index (χ2n) is 3.17. The molecule has 0 spiro atoms. The summed E-state index contributed by atoms with van der Waals surface area (Å²) in [6.07, 6.45) is 0.814. The summed E-state index contributed by atoms with van der Waals surface area (Å²) < 4.78 is 10.5. The van der Waals surface area contributed by atoms with E-state index in [1.54, 1.807) is 7.11 Å². The third-order valence-electron chi connectivity index (χ3n) is 2.29. The molecule has 1 saturated heterocycles. The molecule has 1 unspecified atom stereocenters. The Hall–Kier alpha value is -0.650. The van der Waals surface area contributed by atoms with Gasteiger partial charge in [0.05, 0.1) is 13.2 Å². The molecule has 1 aliphatic rings. The zero-order valence-electron chi connectivity index (χ0n) is 7.84. The number of hydrogen-bond acceptors (Lipinski definition) is 4. The quantitative estimate of drug-likeness (QED) is 0.585. The fourth-order valence-electron chi connectivity index (χ4n) is 1.29. The number of methoxy groups -OCH3 is 1. The predicted molar refractivity (Wildman–Crippen MR) is 47.2 cm³/mol. The van der Waals surface area contributed by atoms with Crippen molar-refractivity contribution < 1.29 is 14.3 Å². The van der Waals surface area contributed by atoms with Crippen LogP contribution >= 0.6 is 0 Å². The standard InChI is InChI=1S/C8H16N2O3/c1-12-8(2-3-13-6-8)5-10-7(11)4-9/h2-6,9H2,1H3,(H,10,11). The summed E-state index contributed by atoms with van der Waals surface area (Å²) in [5.41, 5.74) is 4.81. The van der Waals surface area contributed by atoms with E-state index in [4.69, 9.17) is 15.2 Å². The highest BCUT2D eigenvalue weighted by Crippen LogP contribution is 2.21. The summed E-state index contributed by atoms with van der Waals surface area (Å²) in [7, 11) is 1.63. The number of carbonyl (C=O) groups is 1. The summed E-state index contributed by atoms with van der Waals surface area (Å²) >= 11 is 0. The molecule has 1 amide bonds. The lowest BCUT2D eigenvalue weighted by molar-refractivity contribution is -0.121. The number of carbonyl (C=O) groups excluding carboxylic acids is 1. The normalized spacial score (nSPS) is 27.5. The molecule has 1 aliphatic heterocycles. The van der Waals surface area contributed by atoms with Gasteiger partial charge >= 0.3 is 0 Å². The van der Waals surface area contributed by atoms with Gasteiger partial charge in [-0.1, -0.05) is 0 Å². The van der Waals surface area contributed by atoms with E-state index in [2.05, 4.69) is 5.32 Å². The largest absolute Gasteiger partial charge is 0.378 e. The van der Waals surface area contributed by atoms with Crippen LogP contribution in [0.15, 0.2) is 0 Å². The molecule has 1 atom stereocenters. The van der Waals surface area contributed by atoms with Gasteiger partial charge in [0.25, 0.3) is 0 Å². The van der Waals surface area contributed by atoms with Gasteiger partial charge in [0.15, 0.2) is 0 Å². The first kappa shape index (κ1) is 10.4. The number of nitrogens with two attached hydrogens (primary N) is 1. The molecule has 0 aromatic rings. The highest BCUT2D eigenvalue weighted by molar-refractivity contribution is 5.77. The molecule has 0 aliphatic carbocycles. The van der Waals surface area contributed by atoms with Crippen LogP contribution in [0.25, 0.3) is 0 Å². The van der Waals surface area contributed by atoms with E-state index in [1.807, 2.05) is 0 Å². The minimum Gasteiger partial charge on any atom is -0.378 e. The lowest BCUT2D eigenvalue weighted by Gasteiger charge is -2.25. The van der Waals surface area contributed by atoms with E-state index in [1.165, 1.54) is 0 Å². The van der Waals surface area contributed by atoms with Crippen molar-refractivity contribution in [3.05, 3.63) is 0 Å². The molecule has 0 radical (unpaired) electrons. The van der Waals surface area contributed by atoms with Gasteiger partial charge in [0.1, 0.15) is 5.60 Å². The van der Waals surface area contributed by atoms with Crippen LogP contribution in [0.3, 0.4) is 0 Å². The maximum atomic E-state index is 10.9. The second kappa shape index (κ2) is 4.55. The zero-order chi connectivity index (χ0) is 9.73. The second-order valence-corrected chi connectivity index (χ2v) is 3.17. The van der Waals surface area contributed by atoms with Crippen LogP contribution in [-0.2, 0) is 14.3 Å². The molecule has 5 heteroatoms. The summed E-state index contributed by atoms with van der Waals surface area (Å²) in [6, 6.07) is 0. The van der Waals surface area contributed by atoms with Gasteiger partial charge in [-0.25, -0.2) is 0 Å². The van der Waals surface area contributed by atoms with E-state index >= 15 is 0 Å². The molecule has 0 saturated carbocycles. The molecular weight excluding hydrogens is 172 g/mol. The van der Waals surface area contributed by atoms with Gasteiger partial charge in [-0.15, -0.1) is 0 Å². The fraction of sp³-hybridized carbons (Fsp3) is 0.875. The van der Waals surface area contributed by atoms with Crippen molar-refractivity contribution in [2.75, 3.05) is 33.4 Å². The van der Waals surface area contributed by atoms with Crippen molar-refractivity contribution in [2.45, 2.75) is 12.0 Å². The topological polar surface area (TPSA) is 73.6 Å². The predicted octanol–water partition coefficient (Wildman–Crippen LogP) is -1.13. The van der Waals surface area contributed by atoms with E-state index in [-0.39, 0.29) is 18.1 Å². The average molecular weight is 188 g/mol. The summed E-state index contributed by atoms with van der Waals surface area (Å²) in [4.78, 5) is 10.9. The van der Waals surface area contributed by atoms with Crippen LogP contribution in [0.4, 0.5) is 0 Å². The maximum Gasteiger partial charge on any atom is 0.233 e. The van der Waals surface area contributed by atoms with Crippen molar-refractivity contribution in [2.24, 2.45) is 5.73 Å². The van der Waals surface area contributed by atoms with Gasteiger partial charge < -0.3 is 20.5 Å². The van der Waals surface area contributed by atoms with Crippen molar-refractivity contribution >= 4 is 5.91 Å². The van der Waals surface area contributed by atoms with Crippen LogP contribution in [0.1, 0.15) is 6.42 Å². The molecule has 13 heavy (non-hydrogen) atoms. The Labute approximate surface area is 77.6 Å². The first-order chi connectivity index (χ1) is 6.22. The lowest BCUT2D eigenvalue weighted by atomic mass is 10.0. The van der Waals surface area contributed by atoms with E-state index in [9.17, 15) is 4.79 Å². The third kappa shape index (κ3) is 2.65. The molecule has 0 bridgehead atoms. The minimum atomic E-state index is -0.342. The van der Waals surface area contributed by atoms with Crippen LogP contribution in [-0.4, -0.2) is 44.9 Å². The van der Waals surface area contributed by atoms with Crippen LogP contribution < -0.4 is 11.1 Å². The van der Waals surface area contributed by atoms with Crippen molar-refractivity contribution in [3.63, 3.8) is 0 Å². The first-order valence-corrected chi connectivity index (χ1v) is 4.32. The molecule has 76 valence electrons. The number of ether oxygens (including phenoxy) is 2. The van der Waals surface area contributed by atoms with Crippen LogP contribution in [0.5, 0.6) is 0 Å².